The molecule has 0 amide bonds. The van der Waals surface area contributed by atoms with Gasteiger partial charge in [-0.05, 0) is 5.92 Å². The van der Waals surface area contributed by atoms with Crippen molar-refractivity contribution in [1.29, 1.82) is 0 Å². The summed E-state index contributed by atoms with van der Waals surface area (Å²) < 4.78 is 4.93. The van der Waals surface area contributed by atoms with Crippen molar-refractivity contribution in [3.8, 4) is 0 Å². The van der Waals surface area contributed by atoms with Crippen LogP contribution >= 0.6 is 0 Å². The minimum absolute atomic E-state index is 0.304. The summed E-state index contributed by atoms with van der Waals surface area (Å²) in [5, 5.41) is 10.1. The summed E-state index contributed by atoms with van der Waals surface area (Å²) in [6.45, 7) is 6.43. The molecular formula is C12H18N6O. The van der Waals surface area contributed by atoms with Crippen molar-refractivity contribution in [1.82, 2.24) is 20.1 Å². The first-order valence-electron chi connectivity index (χ1n) is 6.17. The second-order valence-electron chi connectivity index (χ2n) is 4.47. The number of hydrogen-bond donors (Lipinski definition) is 2. The molecule has 0 atom stereocenters. The quantitative estimate of drug-likeness (QED) is 0.851. The van der Waals surface area contributed by atoms with Crippen molar-refractivity contribution in [2.75, 3.05) is 17.7 Å². The van der Waals surface area contributed by atoms with Gasteiger partial charge >= 0.3 is 0 Å². The Balaban J connectivity index is 2.19. The minimum Gasteiger partial charge on any atom is -0.373 e. The van der Waals surface area contributed by atoms with Gasteiger partial charge in [0.1, 0.15) is 18.0 Å². The van der Waals surface area contributed by atoms with Gasteiger partial charge in [-0.1, -0.05) is 19.0 Å². The Morgan fingerprint density at radius 3 is 2.58 bits per heavy atom. The first-order chi connectivity index (χ1) is 9.11. The maximum Gasteiger partial charge on any atom is 0.223 e. The summed E-state index contributed by atoms with van der Waals surface area (Å²) in [4.78, 5) is 12.7. The number of anilines is 2. The summed E-state index contributed by atoms with van der Waals surface area (Å²) in [5.41, 5.74) is 1.05. The fraction of sp³-hybridized carbons (Fsp3) is 0.500. The van der Waals surface area contributed by atoms with E-state index in [0.29, 0.717) is 24.2 Å². The van der Waals surface area contributed by atoms with Crippen LogP contribution in [0.25, 0.3) is 0 Å². The maximum absolute atomic E-state index is 4.93. The van der Waals surface area contributed by atoms with Crippen LogP contribution < -0.4 is 10.6 Å². The van der Waals surface area contributed by atoms with E-state index < -0.39 is 0 Å². The minimum atomic E-state index is 0.304. The summed E-state index contributed by atoms with van der Waals surface area (Å²) in [6.07, 6.45) is 1.53. The molecule has 0 unspecified atom stereocenters. The van der Waals surface area contributed by atoms with Gasteiger partial charge in [-0.25, -0.2) is 9.97 Å². The van der Waals surface area contributed by atoms with Crippen molar-refractivity contribution >= 4 is 11.6 Å². The zero-order chi connectivity index (χ0) is 13.8. The molecule has 0 saturated carbocycles. The molecule has 102 valence electrons. The predicted octanol–water partition coefficient (Wildman–Crippen LogP) is 1.95. The van der Waals surface area contributed by atoms with Crippen LogP contribution in [0.1, 0.15) is 37.0 Å². The highest BCUT2D eigenvalue weighted by molar-refractivity contribution is 5.58. The number of nitrogens with zero attached hydrogens (tertiary/aromatic N) is 4. The van der Waals surface area contributed by atoms with E-state index in [-0.39, 0.29) is 0 Å². The number of aryl methyl sites for hydroxylation is 1. The Kier molecular flexibility index (Phi) is 3.94. The van der Waals surface area contributed by atoms with E-state index in [2.05, 4.69) is 44.6 Å². The molecule has 0 aliphatic rings. The number of nitrogens with one attached hydrogen (secondary N) is 2. The normalized spacial score (nSPS) is 10.8. The van der Waals surface area contributed by atoms with Gasteiger partial charge in [0.15, 0.2) is 5.82 Å². The predicted molar refractivity (Wildman–Crippen MR) is 72.0 cm³/mol. The van der Waals surface area contributed by atoms with Gasteiger partial charge in [-0.15, -0.1) is 0 Å². The van der Waals surface area contributed by atoms with Gasteiger partial charge in [-0.3, -0.25) is 0 Å². The van der Waals surface area contributed by atoms with Crippen LogP contribution in [0.15, 0.2) is 10.9 Å². The van der Waals surface area contributed by atoms with E-state index in [1.165, 1.54) is 6.33 Å². The molecule has 0 aliphatic carbocycles. The second-order valence-corrected chi connectivity index (χ2v) is 4.47. The fourth-order valence-corrected chi connectivity index (χ4v) is 1.86. The second kappa shape index (κ2) is 5.64. The standard InChI is InChI=1S/C12H18N6O/c1-7(2)10-11(13-4)15-6-16-12(10)14-5-9-17-8(3)19-18-9/h6-7H,5H2,1-4H3,(H2,13,14,15,16). The van der Waals surface area contributed by atoms with E-state index in [9.17, 15) is 0 Å². The average Bonchev–Trinajstić information content (AvgIpc) is 2.81. The molecule has 0 radical (unpaired) electrons. The highest BCUT2D eigenvalue weighted by atomic mass is 16.5. The van der Waals surface area contributed by atoms with Crippen molar-refractivity contribution in [3.05, 3.63) is 23.6 Å². The van der Waals surface area contributed by atoms with Gasteiger partial charge in [0.25, 0.3) is 0 Å². The highest BCUT2D eigenvalue weighted by Gasteiger charge is 2.14. The lowest BCUT2D eigenvalue weighted by Crippen LogP contribution is -2.10. The SMILES string of the molecule is CNc1ncnc(NCc2noc(C)n2)c1C(C)C. The molecule has 0 spiro atoms. The van der Waals surface area contributed by atoms with Crippen molar-refractivity contribution in [3.63, 3.8) is 0 Å². The topological polar surface area (TPSA) is 88.8 Å². The highest BCUT2D eigenvalue weighted by Crippen LogP contribution is 2.28. The van der Waals surface area contributed by atoms with Gasteiger partial charge in [0.2, 0.25) is 5.89 Å². The lowest BCUT2D eigenvalue weighted by atomic mass is 10.0. The summed E-state index contributed by atoms with van der Waals surface area (Å²) in [5.74, 6) is 3.09. The Hall–Kier alpha value is -2.18. The molecule has 0 bridgehead atoms. The van der Waals surface area contributed by atoms with Crippen LogP contribution in [0.3, 0.4) is 0 Å². The monoisotopic (exact) mass is 262 g/mol. The molecule has 19 heavy (non-hydrogen) atoms. The molecule has 7 heteroatoms. The molecule has 2 rings (SSSR count). The number of hydrogen-bond acceptors (Lipinski definition) is 7. The zero-order valence-corrected chi connectivity index (χ0v) is 11.6. The van der Waals surface area contributed by atoms with Crippen molar-refractivity contribution in [2.45, 2.75) is 33.2 Å². The molecule has 2 N–H and O–H groups in total. The van der Waals surface area contributed by atoms with Gasteiger partial charge in [0.05, 0.1) is 6.54 Å². The zero-order valence-electron chi connectivity index (χ0n) is 11.6. The lowest BCUT2D eigenvalue weighted by Gasteiger charge is -2.15. The van der Waals surface area contributed by atoms with Gasteiger partial charge in [0, 0.05) is 19.5 Å². The van der Waals surface area contributed by atoms with Crippen LogP contribution in [-0.4, -0.2) is 27.2 Å². The van der Waals surface area contributed by atoms with Crippen molar-refractivity contribution in [2.24, 2.45) is 0 Å². The number of aromatic nitrogens is 4. The maximum atomic E-state index is 4.93. The third-order valence-electron chi connectivity index (χ3n) is 2.68. The largest absolute Gasteiger partial charge is 0.373 e. The first-order valence-corrected chi connectivity index (χ1v) is 6.17. The van der Waals surface area contributed by atoms with E-state index in [1.54, 1.807) is 6.92 Å². The Morgan fingerprint density at radius 1 is 1.26 bits per heavy atom. The van der Waals surface area contributed by atoms with Crippen LogP contribution in [0.2, 0.25) is 0 Å². The smallest absolute Gasteiger partial charge is 0.223 e. The molecule has 0 aliphatic heterocycles. The van der Waals surface area contributed by atoms with Gasteiger partial charge < -0.3 is 15.2 Å². The lowest BCUT2D eigenvalue weighted by molar-refractivity contribution is 0.388. The van der Waals surface area contributed by atoms with E-state index >= 15 is 0 Å². The van der Waals surface area contributed by atoms with E-state index in [1.807, 2.05) is 7.05 Å². The van der Waals surface area contributed by atoms with Gasteiger partial charge in [-0.2, -0.15) is 4.98 Å². The third kappa shape index (κ3) is 2.98. The van der Waals surface area contributed by atoms with E-state index in [4.69, 9.17) is 4.52 Å². The molecule has 0 aromatic carbocycles. The molecular weight excluding hydrogens is 244 g/mol. The van der Waals surface area contributed by atoms with Crippen LogP contribution in [0, 0.1) is 6.92 Å². The van der Waals surface area contributed by atoms with E-state index in [0.717, 1.165) is 17.2 Å². The molecule has 7 nitrogen and oxygen atoms in total. The fourth-order valence-electron chi connectivity index (χ4n) is 1.86. The van der Waals surface area contributed by atoms with Crippen molar-refractivity contribution < 1.29 is 4.52 Å². The van der Waals surface area contributed by atoms with Crippen LogP contribution in [-0.2, 0) is 6.54 Å². The molecule has 0 saturated heterocycles. The molecule has 2 heterocycles. The first kappa shape index (κ1) is 13.3. The Labute approximate surface area is 111 Å². The van der Waals surface area contributed by atoms with Crippen LogP contribution in [0.4, 0.5) is 11.6 Å². The molecule has 2 aromatic heterocycles. The summed E-state index contributed by atoms with van der Waals surface area (Å²) >= 11 is 0. The molecule has 2 aromatic rings. The average molecular weight is 262 g/mol. The van der Waals surface area contributed by atoms with Crippen LogP contribution in [0.5, 0.6) is 0 Å². The Morgan fingerprint density at radius 2 is 2.00 bits per heavy atom. The Bertz CT molecular complexity index is 551. The number of rotatable bonds is 5. The third-order valence-corrected chi connectivity index (χ3v) is 2.68. The summed E-state index contributed by atoms with van der Waals surface area (Å²) in [7, 11) is 1.85. The molecule has 0 fully saturated rings. The summed E-state index contributed by atoms with van der Waals surface area (Å²) in [6, 6.07) is 0.